The maximum Gasteiger partial charge on any atom is 0.371 e. The largest absolute Gasteiger partial charge is 0.475 e. The summed E-state index contributed by atoms with van der Waals surface area (Å²) in [5.74, 6) is -2.94. The molecule has 0 radical (unpaired) electrons. The van der Waals surface area contributed by atoms with Crippen molar-refractivity contribution >= 4 is 33.3 Å². The highest BCUT2D eigenvalue weighted by Crippen LogP contribution is 2.29. The van der Waals surface area contributed by atoms with E-state index >= 15 is 0 Å². The van der Waals surface area contributed by atoms with Gasteiger partial charge in [-0.15, -0.1) is 0 Å². The number of halogens is 2. The first kappa shape index (κ1) is 15.3. The van der Waals surface area contributed by atoms with Gasteiger partial charge in [0.25, 0.3) is 10.0 Å². The number of hydrogen-bond donors (Lipinski definition) is 2. The van der Waals surface area contributed by atoms with Crippen molar-refractivity contribution in [1.29, 1.82) is 0 Å². The summed E-state index contributed by atoms with van der Waals surface area (Å²) in [5.41, 5.74) is -0.420. The average Bonchev–Trinajstić information content (AvgIpc) is 2.77. The van der Waals surface area contributed by atoms with Crippen molar-refractivity contribution in [3.05, 3.63) is 46.6 Å². The smallest absolute Gasteiger partial charge is 0.371 e. The van der Waals surface area contributed by atoms with Crippen molar-refractivity contribution in [2.45, 2.75) is 11.8 Å². The Morgan fingerprint density at radius 1 is 1.43 bits per heavy atom. The molecule has 0 spiro atoms. The standard InChI is InChI=1S/C12H9ClFNO5S/c1-6-10(5-9(20-6)12(16)17)21(18,19)15-11-7(13)3-2-4-8(11)14/h2-5,15H,1H3,(H,16,17). The van der Waals surface area contributed by atoms with Crippen LogP contribution in [-0.2, 0) is 10.0 Å². The van der Waals surface area contributed by atoms with E-state index in [9.17, 15) is 17.6 Å². The summed E-state index contributed by atoms with van der Waals surface area (Å²) in [5, 5.41) is 8.65. The number of carboxylic acids is 1. The molecule has 112 valence electrons. The molecule has 0 unspecified atom stereocenters. The van der Waals surface area contributed by atoms with Crippen LogP contribution in [0.25, 0.3) is 0 Å². The Bertz CT molecular complexity index is 795. The first-order valence-electron chi connectivity index (χ1n) is 5.53. The van der Waals surface area contributed by atoms with E-state index in [4.69, 9.17) is 21.1 Å². The summed E-state index contributed by atoms with van der Waals surface area (Å²) in [6, 6.07) is 4.51. The third kappa shape index (κ3) is 3.01. The van der Waals surface area contributed by atoms with Gasteiger partial charge in [-0.25, -0.2) is 17.6 Å². The minimum absolute atomic E-state index is 0.127. The number of para-hydroxylation sites is 1. The number of aromatic carboxylic acids is 1. The van der Waals surface area contributed by atoms with Gasteiger partial charge in [0.1, 0.15) is 22.2 Å². The maximum absolute atomic E-state index is 13.6. The Hall–Kier alpha value is -2.06. The molecule has 0 aliphatic heterocycles. The molecule has 0 saturated carbocycles. The van der Waals surface area contributed by atoms with Gasteiger partial charge in [0, 0.05) is 6.07 Å². The van der Waals surface area contributed by atoms with Gasteiger partial charge < -0.3 is 9.52 Å². The molecule has 0 atom stereocenters. The molecule has 1 aromatic heterocycles. The summed E-state index contributed by atoms with van der Waals surface area (Å²) >= 11 is 5.73. The number of anilines is 1. The minimum atomic E-state index is -4.23. The highest BCUT2D eigenvalue weighted by atomic mass is 35.5. The van der Waals surface area contributed by atoms with Crippen LogP contribution >= 0.6 is 11.6 Å². The van der Waals surface area contributed by atoms with E-state index in [2.05, 4.69) is 0 Å². The monoisotopic (exact) mass is 333 g/mol. The van der Waals surface area contributed by atoms with Crippen molar-refractivity contribution in [2.75, 3.05) is 4.72 Å². The van der Waals surface area contributed by atoms with Crippen molar-refractivity contribution in [3.63, 3.8) is 0 Å². The van der Waals surface area contributed by atoms with Gasteiger partial charge in [-0.2, -0.15) is 0 Å². The quantitative estimate of drug-likeness (QED) is 0.896. The zero-order valence-electron chi connectivity index (χ0n) is 10.6. The van der Waals surface area contributed by atoms with Crippen LogP contribution in [0.15, 0.2) is 33.6 Å². The number of furan rings is 1. The number of carboxylic acid groups (broad SMARTS) is 1. The van der Waals surface area contributed by atoms with E-state index < -0.39 is 38.2 Å². The Morgan fingerprint density at radius 2 is 2.10 bits per heavy atom. The molecule has 1 aromatic carbocycles. The molecule has 0 aliphatic carbocycles. The molecule has 0 bridgehead atoms. The summed E-state index contributed by atoms with van der Waals surface area (Å²) in [6.07, 6.45) is 0. The van der Waals surface area contributed by atoms with Crippen LogP contribution in [0.3, 0.4) is 0 Å². The summed E-state index contributed by atoms with van der Waals surface area (Å²) in [7, 11) is -4.23. The number of nitrogens with one attached hydrogen (secondary N) is 1. The third-order valence-corrected chi connectivity index (χ3v) is 4.34. The summed E-state index contributed by atoms with van der Waals surface area (Å²) in [6.45, 7) is 1.28. The lowest BCUT2D eigenvalue weighted by atomic mass is 10.3. The number of sulfonamides is 1. The molecule has 0 amide bonds. The number of hydrogen-bond acceptors (Lipinski definition) is 4. The van der Waals surface area contributed by atoms with Gasteiger partial charge >= 0.3 is 5.97 Å². The van der Waals surface area contributed by atoms with Crippen LogP contribution in [0.2, 0.25) is 5.02 Å². The zero-order chi connectivity index (χ0) is 15.8. The Labute approximate surface area is 124 Å². The molecule has 0 fully saturated rings. The zero-order valence-corrected chi connectivity index (χ0v) is 12.1. The van der Waals surface area contributed by atoms with E-state index in [-0.39, 0.29) is 10.8 Å². The fourth-order valence-corrected chi connectivity index (χ4v) is 3.16. The molecule has 1 heterocycles. The Balaban J connectivity index is 2.46. The molecule has 6 nitrogen and oxygen atoms in total. The van der Waals surface area contributed by atoms with Gasteiger partial charge in [0.05, 0.1) is 5.02 Å². The molecular weight excluding hydrogens is 325 g/mol. The van der Waals surface area contributed by atoms with E-state index in [0.29, 0.717) is 0 Å². The van der Waals surface area contributed by atoms with E-state index in [0.717, 1.165) is 12.1 Å². The number of benzene rings is 1. The predicted molar refractivity (Wildman–Crippen MR) is 72.6 cm³/mol. The number of aryl methyl sites for hydroxylation is 1. The van der Waals surface area contributed by atoms with E-state index in [1.807, 2.05) is 4.72 Å². The highest BCUT2D eigenvalue weighted by Gasteiger charge is 2.25. The lowest BCUT2D eigenvalue weighted by molar-refractivity contribution is 0.0661. The lowest BCUT2D eigenvalue weighted by Gasteiger charge is -2.09. The average molecular weight is 334 g/mol. The topological polar surface area (TPSA) is 96.6 Å². The van der Waals surface area contributed by atoms with Gasteiger partial charge in [-0.1, -0.05) is 17.7 Å². The van der Waals surface area contributed by atoms with Gasteiger partial charge in [0.15, 0.2) is 0 Å². The molecule has 2 N–H and O–H groups in total. The van der Waals surface area contributed by atoms with Crippen molar-refractivity contribution in [2.24, 2.45) is 0 Å². The van der Waals surface area contributed by atoms with Crippen LogP contribution < -0.4 is 4.72 Å². The van der Waals surface area contributed by atoms with Gasteiger partial charge in [0.2, 0.25) is 5.76 Å². The molecule has 0 aliphatic rings. The molecule has 0 saturated heterocycles. The SMILES string of the molecule is Cc1oc(C(=O)O)cc1S(=O)(=O)Nc1c(F)cccc1Cl. The second-order valence-corrected chi connectivity index (χ2v) is 6.10. The molecule has 9 heteroatoms. The van der Waals surface area contributed by atoms with Crippen molar-refractivity contribution in [1.82, 2.24) is 0 Å². The summed E-state index contributed by atoms with van der Waals surface area (Å²) < 4.78 is 44.7. The van der Waals surface area contributed by atoms with Crippen molar-refractivity contribution < 1.29 is 27.1 Å². The maximum atomic E-state index is 13.6. The van der Waals surface area contributed by atoms with Crippen LogP contribution in [0.5, 0.6) is 0 Å². The second-order valence-electron chi connectivity index (χ2n) is 4.04. The fraction of sp³-hybridized carbons (Fsp3) is 0.0833. The first-order chi connectivity index (χ1) is 9.72. The molecule has 21 heavy (non-hydrogen) atoms. The lowest BCUT2D eigenvalue weighted by Crippen LogP contribution is -2.14. The number of rotatable bonds is 4. The van der Waals surface area contributed by atoms with E-state index in [1.54, 1.807) is 0 Å². The van der Waals surface area contributed by atoms with Gasteiger partial charge in [-0.05, 0) is 19.1 Å². The van der Waals surface area contributed by atoms with Crippen LogP contribution in [0.1, 0.15) is 16.3 Å². The number of carbonyl (C=O) groups is 1. The minimum Gasteiger partial charge on any atom is -0.475 e. The highest BCUT2D eigenvalue weighted by molar-refractivity contribution is 7.92. The molecule has 2 aromatic rings. The second kappa shape index (κ2) is 5.38. The first-order valence-corrected chi connectivity index (χ1v) is 7.39. The molecule has 2 rings (SSSR count). The van der Waals surface area contributed by atoms with Gasteiger partial charge in [-0.3, -0.25) is 4.72 Å². The third-order valence-electron chi connectivity index (χ3n) is 2.57. The fourth-order valence-electron chi connectivity index (χ4n) is 1.62. The predicted octanol–water partition coefficient (Wildman–Crippen LogP) is 2.88. The van der Waals surface area contributed by atoms with E-state index in [1.165, 1.54) is 19.1 Å². The van der Waals surface area contributed by atoms with Crippen LogP contribution in [0, 0.1) is 12.7 Å². The van der Waals surface area contributed by atoms with Crippen LogP contribution in [-0.4, -0.2) is 19.5 Å². The summed E-state index contributed by atoms with van der Waals surface area (Å²) in [4.78, 5) is 10.4. The van der Waals surface area contributed by atoms with Crippen molar-refractivity contribution in [3.8, 4) is 0 Å². The Kier molecular flexibility index (Phi) is 3.93. The Morgan fingerprint density at radius 3 is 2.62 bits per heavy atom. The normalized spacial score (nSPS) is 11.4. The molecular formula is C12H9ClFNO5S. The van der Waals surface area contributed by atoms with Crippen LogP contribution in [0.4, 0.5) is 10.1 Å².